The number of halogens is 2. The summed E-state index contributed by atoms with van der Waals surface area (Å²) < 4.78 is 31.4. The molecule has 0 fully saturated rings. The summed E-state index contributed by atoms with van der Waals surface area (Å²) in [5.41, 5.74) is 1.10. The molecule has 0 bridgehead atoms. The van der Waals surface area contributed by atoms with Gasteiger partial charge in [-0.2, -0.15) is 4.98 Å². The average Bonchev–Trinajstić information content (AvgIpc) is 3.07. The summed E-state index contributed by atoms with van der Waals surface area (Å²) in [5.74, 6) is -1.47. The molecule has 23 heavy (non-hydrogen) atoms. The summed E-state index contributed by atoms with van der Waals surface area (Å²) in [6.07, 6.45) is 1.16. The number of nitrogens with zero attached hydrogens (tertiary/aromatic N) is 2. The van der Waals surface area contributed by atoms with Crippen LogP contribution in [0.15, 0.2) is 53.4 Å². The third-order valence-electron chi connectivity index (χ3n) is 3.40. The van der Waals surface area contributed by atoms with Crippen molar-refractivity contribution < 1.29 is 18.4 Å². The molecule has 1 heterocycles. The van der Waals surface area contributed by atoms with Gasteiger partial charge in [0.15, 0.2) is 17.5 Å². The molecule has 7 heteroatoms. The highest BCUT2D eigenvalue weighted by molar-refractivity contribution is 5.32. The predicted octanol–water partition coefficient (Wildman–Crippen LogP) is 2.93. The Morgan fingerprint density at radius 1 is 1.13 bits per heavy atom. The van der Waals surface area contributed by atoms with Crippen molar-refractivity contribution in [1.29, 1.82) is 0 Å². The van der Waals surface area contributed by atoms with Crippen LogP contribution in [0.5, 0.6) is 5.75 Å². The van der Waals surface area contributed by atoms with Crippen LogP contribution in [0, 0.1) is 11.6 Å². The van der Waals surface area contributed by atoms with Crippen LogP contribution in [0.3, 0.4) is 0 Å². The van der Waals surface area contributed by atoms with Crippen LogP contribution in [0.2, 0.25) is 0 Å². The number of benzene rings is 2. The lowest BCUT2D eigenvalue weighted by atomic mass is 10.1. The summed E-state index contributed by atoms with van der Waals surface area (Å²) in [6, 6.07) is 9.77. The van der Waals surface area contributed by atoms with Gasteiger partial charge in [-0.25, -0.2) is 8.78 Å². The highest BCUT2D eigenvalue weighted by Crippen LogP contribution is 2.23. The van der Waals surface area contributed by atoms with E-state index in [0.717, 1.165) is 18.5 Å². The van der Waals surface area contributed by atoms with E-state index in [1.165, 1.54) is 6.07 Å². The number of nitrogens with one attached hydrogen (secondary N) is 1. The Balaban J connectivity index is 1.87. The molecule has 3 aromatic rings. The Kier molecular flexibility index (Phi) is 4.29. The van der Waals surface area contributed by atoms with Gasteiger partial charge in [0.1, 0.15) is 5.75 Å². The number of hydrogen-bond acceptors (Lipinski definition) is 5. The summed E-state index contributed by atoms with van der Waals surface area (Å²) in [6.45, 7) is 0.283. The van der Waals surface area contributed by atoms with Crippen molar-refractivity contribution in [2.75, 3.05) is 0 Å². The van der Waals surface area contributed by atoms with Gasteiger partial charge in [-0.05, 0) is 23.8 Å². The third-order valence-corrected chi connectivity index (χ3v) is 3.40. The first-order chi connectivity index (χ1) is 11.1. The third kappa shape index (κ3) is 3.35. The zero-order valence-electron chi connectivity index (χ0n) is 11.9. The molecule has 0 saturated carbocycles. The zero-order chi connectivity index (χ0) is 16.2. The molecule has 0 saturated heterocycles. The van der Waals surface area contributed by atoms with E-state index in [2.05, 4.69) is 15.5 Å². The first-order valence-electron chi connectivity index (χ1n) is 6.86. The minimum absolute atomic E-state index is 0.136. The van der Waals surface area contributed by atoms with E-state index in [4.69, 9.17) is 4.52 Å². The van der Waals surface area contributed by atoms with Crippen molar-refractivity contribution in [3.63, 3.8) is 0 Å². The number of phenolic OH excluding ortho intramolecular Hbond substituents is 1. The summed E-state index contributed by atoms with van der Waals surface area (Å²) in [7, 11) is 0. The van der Waals surface area contributed by atoms with Crippen LogP contribution >= 0.6 is 0 Å². The normalized spacial score (nSPS) is 12.3. The zero-order valence-corrected chi connectivity index (χ0v) is 11.9. The summed E-state index contributed by atoms with van der Waals surface area (Å²) in [5, 5.41) is 16.7. The number of para-hydroxylation sites is 1. The van der Waals surface area contributed by atoms with Crippen molar-refractivity contribution in [3.8, 4) is 5.75 Å². The lowest BCUT2D eigenvalue weighted by Gasteiger charge is -2.16. The number of aromatic hydroxyl groups is 1. The highest BCUT2D eigenvalue weighted by Gasteiger charge is 2.20. The Bertz CT molecular complexity index is 794. The lowest BCUT2D eigenvalue weighted by Crippen LogP contribution is -2.23. The lowest BCUT2D eigenvalue weighted by molar-refractivity contribution is 0.400. The fourth-order valence-electron chi connectivity index (χ4n) is 2.23. The van der Waals surface area contributed by atoms with E-state index < -0.39 is 17.7 Å². The molecule has 5 nitrogen and oxygen atoms in total. The SMILES string of the molecule is Oc1ccccc1CN[C@@H](c1ccc(F)c(F)c1)c1ncon1. The maximum Gasteiger partial charge on any atom is 0.213 e. The Labute approximate surface area is 130 Å². The smallest absolute Gasteiger partial charge is 0.213 e. The molecule has 2 aromatic carbocycles. The van der Waals surface area contributed by atoms with E-state index in [0.29, 0.717) is 11.1 Å². The van der Waals surface area contributed by atoms with Crippen molar-refractivity contribution >= 4 is 0 Å². The van der Waals surface area contributed by atoms with Crippen molar-refractivity contribution in [2.24, 2.45) is 0 Å². The topological polar surface area (TPSA) is 71.2 Å². The molecule has 0 aliphatic rings. The fraction of sp³-hybridized carbons (Fsp3) is 0.125. The maximum absolute atomic E-state index is 13.5. The number of phenols is 1. The van der Waals surface area contributed by atoms with Gasteiger partial charge in [0.25, 0.3) is 0 Å². The molecule has 118 valence electrons. The van der Waals surface area contributed by atoms with Gasteiger partial charge in [-0.1, -0.05) is 29.4 Å². The van der Waals surface area contributed by atoms with Crippen LogP contribution in [-0.2, 0) is 6.54 Å². The van der Waals surface area contributed by atoms with Gasteiger partial charge in [-0.15, -0.1) is 0 Å². The Morgan fingerprint density at radius 2 is 1.96 bits per heavy atom. The van der Waals surface area contributed by atoms with Crippen LogP contribution in [0.1, 0.15) is 23.0 Å². The number of aromatic nitrogens is 2. The first kappa shape index (κ1) is 15.1. The largest absolute Gasteiger partial charge is 0.508 e. The van der Waals surface area contributed by atoms with Crippen molar-refractivity contribution in [3.05, 3.63) is 77.4 Å². The van der Waals surface area contributed by atoms with Crippen LogP contribution in [-0.4, -0.2) is 15.2 Å². The number of hydrogen-bond donors (Lipinski definition) is 2. The molecule has 1 atom stereocenters. The molecule has 2 N–H and O–H groups in total. The second kappa shape index (κ2) is 6.53. The van der Waals surface area contributed by atoms with Crippen molar-refractivity contribution in [1.82, 2.24) is 15.5 Å². The molecule has 1 aromatic heterocycles. The molecule has 0 aliphatic carbocycles. The van der Waals surface area contributed by atoms with Crippen molar-refractivity contribution in [2.45, 2.75) is 12.6 Å². The van der Waals surface area contributed by atoms with Gasteiger partial charge in [0.05, 0.1) is 6.04 Å². The molecule has 0 unspecified atom stereocenters. The van der Waals surface area contributed by atoms with Gasteiger partial charge < -0.3 is 9.63 Å². The molecular weight excluding hydrogens is 304 g/mol. The molecule has 0 amide bonds. The summed E-state index contributed by atoms with van der Waals surface area (Å²) >= 11 is 0. The van der Waals surface area contributed by atoms with E-state index in [1.807, 2.05) is 0 Å². The van der Waals surface area contributed by atoms with Crippen LogP contribution in [0.25, 0.3) is 0 Å². The minimum atomic E-state index is -0.958. The van der Waals surface area contributed by atoms with Crippen LogP contribution < -0.4 is 5.32 Å². The van der Waals surface area contributed by atoms with E-state index >= 15 is 0 Å². The van der Waals surface area contributed by atoms with Gasteiger partial charge in [-0.3, -0.25) is 5.32 Å². The van der Waals surface area contributed by atoms with Crippen LogP contribution in [0.4, 0.5) is 8.78 Å². The fourth-order valence-corrected chi connectivity index (χ4v) is 2.23. The quantitative estimate of drug-likeness (QED) is 0.757. The van der Waals surface area contributed by atoms with E-state index in [-0.39, 0.29) is 18.1 Å². The Hall–Kier alpha value is -2.80. The number of rotatable bonds is 5. The minimum Gasteiger partial charge on any atom is -0.508 e. The van der Waals surface area contributed by atoms with Gasteiger partial charge >= 0.3 is 0 Å². The Morgan fingerprint density at radius 3 is 2.65 bits per heavy atom. The molecule has 0 radical (unpaired) electrons. The molecular formula is C16H13F2N3O2. The average molecular weight is 317 g/mol. The first-order valence-corrected chi connectivity index (χ1v) is 6.86. The molecule has 0 spiro atoms. The van der Waals surface area contributed by atoms with E-state index in [1.54, 1.807) is 24.3 Å². The van der Waals surface area contributed by atoms with Gasteiger partial charge in [0, 0.05) is 12.1 Å². The molecule has 0 aliphatic heterocycles. The van der Waals surface area contributed by atoms with E-state index in [9.17, 15) is 13.9 Å². The van der Waals surface area contributed by atoms with Gasteiger partial charge in [0.2, 0.25) is 6.39 Å². The second-order valence-corrected chi connectivity index (χ2v) is 4.91. The second-order valence-electron chi connectivity index (χ2n) is 4.91. The standard InChI is InChI=1S/C16H13F2N3O2/c17-12-6-5-10(7-13(12)18)15(16-20-9-23-21-16)19-8-11-3-1-2-4-14(11)22/h1-7,9,15,19,22H,8H2/t15-/m0/s1. The highest BCUT2D eigenvalue weighted by atomic mass is 19.2. The summed E-state index contributed by atoms with van der Waals surface area (Å²) in [4.78, 5) is 3.96. The monoisotopic (exact) mass is 317 g/mol. The predicted molar refractivity (Wildman–Crippen MR) is 77.4 cm³/mol. The molecule has 3 rings (SSSR count). The maximum atomic E-state index is 13.5.